The van der Waals surface area contributed by atoms with Crippen molar-refractivity contribution in [2.45, 2.75) is 24.8 Å². The molecule has 2 N–H and O–H groups in total. The largest absolute Gasteiger partial charge is 0.316 e. The van der Waals surface area contributed by atoms with Crippen LogP contribution in [0.3, 0.4) is 0 Å². The minimum Gasteiger partial charge on any atom is -0.316 e. The molecule has 1 aromatic carbocycles. The molecule has 0 saturated carbocycles. The third kappa shape index (κ3) is 4.34. The van der Waals surface area contributed by atoms with Gasteiger partial charge in [-0.3, -0.25) is 0 Å². The number of benzene rings is 1. The maximum atomic E-state index is 3.55. The van der Waals surface area contributed by atoms with E-state index in [0.717, 1.165) is 24.8 Å². The van der Waals surface area contributed by atoms with Crippen LogP contribution in [0.25, 0.3) is 0 Å². The average Bonchev–Trinajstić information content (AvgIpc) is 2.85. The van der Waals surface area contributed by atoms with Crippen molar-refractivity contribution in [2.24, 2.45) is 5.92 Å². The van der Waals surface area contributed by atoms with Crippen LogP contribution in [0.4, 0.5) is 0 Å². The first-order chi connectivity index (χ1) is 8.38. The lowest BCUT2D eigenvalue weighted by molar-refractivity contribution is 0.512. The Labute approximate surface area is 109 Å². The van der Waals surface area contributed by atoms with E-state index in [1.165, 1.54) is 30.0 Å². The fraction of sp³-hybridized carbons (Fsp3) is 0.571. The zero-order valence-corrected chi connectivity index (χ0v) is 11.4. The van der Waals surface area contributed by atoms with Gasteiger partial charge < -0.3 is 10.6 Å². The molecule has 1 atom stereocenters. The quantitative estimate of drug-likeness (QED) is 0.759. The molecule has 1 aromatic rings. The summed E-state index contributed by atoms with van der Waals surface area (Å²) in [7, 11) is 0. The van der Waals surface area contributed by atoms with Gasteiger partial charge in [-0.1, -0.05) is 19.1 Å². The number of nitrogens with one attached hydrogen (secondary N) is 2. The van der Waals surface area contributed by atoms with Crippen LogP contribution < -0.4 is 10.6 Å². The van der Waals surface area contributed by atoms with Crippen molar-refractivity contribution in [3.8, 4) is 0 Å². The van der Waals surface area contributed by atoms with Gasteiger partial charge in [-0.15, -0.1) is 11.8 Å². The van der Waals surface area contributed by atoms with E-state index in [1.54, 1.807) is 0 Å². The average molecular weight is 250 g/mol. The van der Waals surface area contributed by atoms with E-state index in [1.807, 2.05) is 11.8 Å². The van der Waals surface area contributed by atoms with Crippen molar-refractivity contribution in [1.82, 2.24) is 10.6 Å². The molecule has 0 amide bonds. The molecular formula is C14H22N2S. The topological polar surface area (TPSA) is 24.1 Å². The molecule has 94 valence electrons. The minimum atomic E-state index is 0.824. The Morgan fingerprint density at radius 2 is 2.18 bits per heavy atom. The van der Waals surface area contributed by atoms with Gasteiger partial charge in [0.2, 0.25) is 0 Å². The Balaban J connectivity index is 1.70. The van der Waals surface area contributed by atoms with Crippen molar-refractivity contribution >= 4 is 11.8 Å². The van der Waals surface area contributed by atoms with Crippen LogP contribution in [-0.2, 0) is 6.54 Å². The van der Waals surface area contributed by atoms with Crippen LogP contribution in [0, 0.1) is 5.92 Å². The molecule has 0 radical (unpaired) electrons. The predicted octanol–water partition coefficient (Wildman–Crippen LogP) is 2.50. The molecule has 1 aliphatic rings. The normalized spacial score (nSPS) is 19.7. The van der Waals surface area contributed by atoms with E-state index < -0.39 is 0 Å². The lowest BCUT2D eigenvalue weighted by atomic mass is 10.1. The molecule has 0 bridgehead atoms. The number of thioether (sulfide) groups is 1. The fourth-order valence-electron chi connectivity index (χ4n) is 2.18. The third-order valence-corrected chi connectivity index (χ3v) is 4.05. The summed E-state index contributed by atoms with van der Waals surface area (Å²) in [5.41, 5.74) is 1.39. The summed E-state index contributed by atoms with van der Waals surface area (Å²) in [5, 5.41) is 6.95. The Morgan fingerprint density at radius 3 is 2.82 bits per heavy atom. The molecule has 1 unspecified atom stereocenters. The number of hydrogen-bond acceptors (Lipinski definition) is 3. The summed E-state index contributed by atoms with van der Waals surface area (Å²) in [6.45, 7) is 6.69. The van der Waals surface area contributed by atoms with Crippen LogP contribution in [0.5, 0.6) is 0 Å². The Bertz CT molecular complexity index is 317. The van der Waals surface area contributed by atoms with Gasteiger partial charge in [0.05, 0.1) is 0 Å². The maximum absolute atomic E-state index is 3.55. The molecule has 2 nitrogen and oxygen atoms in total. The van der Waals surface area contributed by atoms with Gasteiger partial charge in [-0.25, -0.2) is 0 Å². The summed E-state index contributed by atoms with van der Waals surface area (Å²) in [4.78, 5) is 1.37. The highest BCUT2D eigenvalue weighted by molar-refractivity contribution is 7.99. The Morgan fingerprint density at radius 1 is 1.35 bits per heavy atom. The summed E-state index contributed by atoms with van der Waals surface area (Å²) in [5.74, 6) is 1.97. The Kier molecular flexibility index (Phi) is 5.36. The zero-order valence-electron chi connectivity index (χ0n) is 10.5. The van der Waals surface area contributed by atoms with Crippen LogP contribution in [0.2, 0.25) is 0 Å². The SMILES string of the molecule is CCSc1ccc(CNCC2CCNC2)cc1. The summed E-state index contributed by atoms with van der Waals surface area (Å²) in [6.07, 6.45) is 1.32. The van der Waals surface area contributed by atoms with Gasteiger partial charge in [0.1, 0.15) is 0 Å². The summed E-state index contributed by atoms with van der Waals surface area (Å²) in [6, 6.07) is 8.92. The van der Waals surface area contributed by atoms with Crippen molar-refractivity contribution in [2.75, 3.05) is 25.4 Å². The van der Waals surface area contributed by atoms with E-state index in [0.29, 0.717) is 0 Å². The lowest BCUT2D eigenvalue weighted by Gasteiger charge is -2.10. The van der Waals surface area contributed by atoms with Gasteiger partial charge in [0, 0.05) is 11.4 Å². The van der Waals surface area contributed by atoms with Crippen LogP contribution >= 0.6 is 11.8 Å². The molecule has 1 heterocycles. The molecule has 0 aromatic heterocycles. The van der Waals surface area contributed by atoms with Crippen LogP contribution in [-0.4, -0.2) is 25.4 Å². The van der Waals surface area contributed by atoms with E-state index >= 15 is 0 Å². The number of rotatable bonds is 6. The molecule has 0 aliphatic carbocycles. The molecule has 1 aliphatic heterocycles. The highest BCUT2D eigenvalue weighted by Gasteiger charge is 2.13. The van der Waals surface area contributed by atoms with Gasteiger partial charge in [0.25, 0.3) is 0 Å². The van der Waals surface area contributed by atoms with Crippen molar-refractivity contribution in [3.63, 3.8) is 0 Å². The monoisotopic (exact) mass is 250 g/mol. The first kappa shape index (κ1) is 12.9. The van der Waals surface area contributed by atoms with Gasteiger partial charge in [-0.2, -0.15) is 0 Å². The standard InChI is InChI=1S/C14H22N2S/c1-2-17-14-5-3-12(4-6-14)9-16-11-13-7-8-15-10-13/h3-6,13,15-16H,2,7-11H2,1H3. The molecule has 2 rings (SSSR count). The van der Waals surface area contributed by atoms with Crippen LogP contribution in [0.15, 0.2) is 29.2 Å². The Hall–Kier alpha value is -0.510. The molecular weight excluding hydrogens is 228 g/mol. The first-order valence-electron chi connectivity index (χ1n) is 6.51. The molecule has 0 spiro atoms. The van der Waals surface area contributed by atoms with Gasteiger partial charge in [0.15, 0.2) is 0 Å². The summed E-state index contributed by atoms with van der Waals surface area (Å²) >= 11 is 1.90. The zero-order chi connectivity index (χ0) is 11.9. The second-order valence-electron chi connectivity index (χ2n) is 4.57. The van der Waals surface area contributed by atoms with Crippen molar-refractivity contribution in [1.29, 1.82) is 0 Å². The highest BCUT2D eigenvalue weighted by atomic mass is 32.2. The maximum Gasteiger partial charge on any atom is 0.0205 e. The second-order valence-corrected chi connectivity index (χ2v) is 5.90. The third-order valence-electron chi connectivity index (χ3n) is 3.16. The first-order valence-corrected chi connectivity index (χ1v) is 7.50. The van der Waals surface area contributed by atoms with Gasteiger partial charge in [-0.05, 0) is 55.4 Å². The molecule has 17 heavy (non-hydrogen) atoms. The lowest BCUT2D eigenvalue weighted by Crippen LogP contribution is -2.23. The van der Waals surface area contributed by atoms with E-state index in [9.17, 15) is 0 Å². The van der Waals surface area contributed by atoms with Crippen molar-refractivity contribution < 1.29 is 0 Å². The van der Waals surface area contributed by atoms with Crippen molar-refractivity contribution in [3.05, 3.63) is 29.8 Å². The summed E-state index contributed by atoms with van der Waals surface area (Å²) < 4.78 is 0. The number of hydrogen-bond donors (Lipinski definition) is 2. The second kappa shape index (κ2) is 7.04. The van der Waals surface area contributed by atoms with E-state index in [2.05, 4.69) is 41.8 Å². The molecule has 1 saturated heterocycles. The fourth-order valence-corrected chi connectivity index (χ4v) is 2.84. The van der Waals surface area contributed by atoms with Crippen LogP contribution in [0.1, 0.15) is 18.9 Å². The van der Waals surface area contributed by atoms with E-state index in [-0.39, 0.29) is 0 Å². The predicted molar refractivity (Wildman–Crippen MR) is 75.5 cm³/mol. The molecule has 3 heteroatoms. The van der Waals surface area contributed by atoms with Gasteiger partial charge >= 0.3 is 0 Å². The smallest absolute Gasteiger partial charge is 0.0205 e. The minimum absolute atomic E-state index is 0.824. The highest BCUT2D eigenvalue weighted by Crippen LogP contribution is 2.17. The molecule has 1 fully saturated rings. The van der Waals surface area contributed by atoms with E-state index in [4.69, 9.17) is 0 Å².